The molecule has 0 heterocycles. The number of carboxylic acids is 1. The highest BCUT2D eigenvalue weighted by molar-refractivity contribution is 5.94. The summed E-state index contributed by atoms with van der Waals surface area (Å²) in [5.74, 6) is -5.05. The van der Waals surface area contributed by atoms with Crippen molar-refractivity contribution in [1.82, 2.24) is 16.0 Å². The molecule has 0 saturated heterocycles. The van der Waals surface area contributed by atoms with Gasteiger partial charge in [-0.25, -0.2) is 4.79 Å². The molecular weight excluding hydrogens is 452 g/mol. The Kier molecular flexibility index (Phi) is 13.8. The predicted octanol–water partition coefficient (Wildman–Crippen LogP) is -4.18. The second kappa shape index (κ2) is 15.4. The summed E-state index contributed by atoms with van der Waals surface area (Å²) in [5.41, 5.74) is 21.1. The van der Waals surface area contributed by atoms with Crippen LogP contribution in [-0.4, -0.2) is 83.1 Å². The van der Waals surface area contributed by atoms with Crippen molar-refractivity contribution in [3.05, 3.63) is 0 Å². The molecular formula is C19H36N8O7. The Bertz CT molecular complexity index is 755. The summed E-state index contributed by atoms with van der Waals surface area (Å²) in [6.45, 7) is 2.66. The van der Waals surface area contributed by atoms with Gasteiger partial charge < -0.3 is 49.1 Å². The van der Waals surface area contributed by atoms with E-state index in [0.29, 0.717) is 0 Å². The fraction of sp³-hybridized carbons (Fsp3) is 0.684. The molecule has 15 heteroatoms. The van der Waals surface area contributed by atoms with Crippen molar-refractivity contribution in [2.75, 3.05) is 13.2 Å². The smallest absolute Gasteiger partial charge is 0.326 e. The maximum absolute atomic E-state index is 12.9. The first-order valence-electron chi connectivity index (χ1n) is 10.6. The fourth-order valence-electron chi connectivity index (χ4n) is 2.73. The van der Waals surface area contributed by atoms with Gasteiger partial charge in [-0.1, -0.05) is 13.8 Å². The van der Waals surface area contributed by atoms with E-state index in [4.69, 9.17) is 28.0 Å². The minimum Gasteiger partial charge on any atom is -0.480 e. The van der Waals surface area contributed by atoms with Gasteiger partial charge in [0.2, 0.25) is 23.6 Å². The number of amides is 4. The molecule has 194 valence electrons. The predicted molar refractivity (Wildman–Crippen MR) is 122 cm³/mol. The number of carbonyl (C=O) groups excluding carboxylic acids is 4. The molecule has 0 aromatic carbocycles. The van der Waals surface area contributed by atoms with Crippen molar-refractivity contribution in [2.24, 2.45) is 33.8 Å². The van der Waals surface area contributed by atoms with Crippen LogP contribution in [0.3, 0.4) is 0 Å². The molecule has 0 aromatic heterocycles. The lowest BCUT2D eigenvalue weighted by atomic mass is 10.0. The largest absolute Gasteiger partial charge is 0.480 e. The maximum Gasteiger partial charge on any atom is 0.326 e. The highest BCUT2D eigenvalue weighted by Crippen LogP contribution is 2.07. The summed E-state index contributed by atoms with van der Waals surface area (Å²) in [6.07, 6.45) is -0.172. The number of nitrogens with one attached hydrogen (secondary N) is 3. The van der Waals surface area contributed by atoms with Crippen molar-refractivity contribution >= 4 is 35.6 Å². The minimum absolute atomic E-state index is 0.0332. The van der Waals surface area contributed by atoms with E-state index >= 15 is 0 Å². The van der Waals surface area contributed by atoms with Crippen LogP contribution in [0.15, 0.2) is 4.99 Å². The van der Waals surface area contributed by atoms with Gasteiger partial charge in [0.15, 0.2) is 5.96 Å². The second-order valence-electron chi connectivity index (χ2n) is 7.93. The second-order valence-corrected chi connectivity index (χ2v) is 7.93. The summed E-state index contributed by atoms with van der Waals surface area (Å²) in [5, 5.41) is 25.5. The summed E-state index contributed by atoms with van der Waals surface area (Å²) in [4.78, 5) is 64.1. The number of aliphatic hydroxyl groups excluding tert-OH is 1. The van der Waals surface area contributed by atoms with Gasteiger partial charge in [0.1, 0.15) is 24.2 Å². The lowest BCUT2D eigenvalue weighted by Crippen LogP contribution is -2.58. The molecule has 13 N–H and O–H groups in total. The zero-order valence-electron chi connectivity index (χ0n) is 19.3. The standard InChI is InChI=1S/C19H36N8O7/c1-9(2)14(18(33)34)27-17(32)11(4-3-7-24-19(22)23)26-16(31)12(5-6-13(21)29)25-15(30)10(20)8-28/h9-12,14,28H,3-8,20H2,1-2H3,(H2,21,29)(H,25,30)(H,26,31)(H,27,32)(H,33,34)(H4,22,23,24)/t10-,11-,12-,14-/m0/s1. The molecule has 0 aliphatic heterocycles. The normalized spacial score (nSPS) is 14.3. The molecule has 0 unspecified atom stereocenters. The van der Waals surface area contributed by atoms with Gasteiger partial charge in [-0.15, -0.1) is 0 Å². The number of hydrogen-bond acceptors (Lipinski definition) is 8. The molecule has 0 aliphatic carbocycles. The number of carbonyl (C=O) groups is 5. The average molecular weight is 489 g/mol. The van der Waals surface area contributed by atoms with Crippen LogP contribution in [0, 0.1) is 5.92 Å². The fourth-order valence-corrected chi connectivity index (χ4v) is 2.73. The third-order valence-electron chi connectivity index (χ3n) is 4.65. The van der Waals surface area contributed by atoms with Crippen molar-refractivity contribution in [3.8, 4) is 0 Å². The molecule has 0 spiro atoms. The zero-order chi connectivity index (χ0) is 26.4. The van der Waals surface area contributed by atoms with E-state index in [9.17, 15) is 29.1 Å². The lowest BCUT2D eigenvalue weighted by Gasteiger charge is -2.25. The molecule has 0 radical (unpaired) electrons. The Morgan fingerprint density at radius 3 is 1.88 bits per heavy atom. The Morgan fingerprint density at radius 1 is 0.882 bits per heavy atom. The molecule has 0 bridgehead atoms. The number of primary amides is 1. The van der Waals surface area contributed by atoms with Crippen LogP contribution >= 0.6 is 0 Å². The Hall–Kier alpha value is -3.46. The molecule has 34 heavy (non-hydrogen) atoms. The van der Waals surface area contributed by atoms with Gasteiger partial charge in [0, 0.05) is 13.0 Å². The number of aliphatic hydroxyl groups is 1. The van der Waals surface area contributed by atoms with Gasteiger partial charge in [-0.2, -0.15) is 0 Å². The van der Waals surface area contributed by atoms with Gasteiger partial charge >= 0.3 is 5.97 Å². The summed E-state index contributed by atoms with van der Waals surface area (Å²) in [6, 6.07) is -5.03. The van der Waals surface area contributed by atoms with Gasteiger partial charge in [0.25, 0.3) is 0 Å². The SMILES string of the molecule is CC(C)[C@H](NC(=O)[C@H](CCCN=C(N)N)NC(=O)[C@H](CCC(N)=O)NC(=O)[C@@H](N)CO)C(=O)O. The molecule has 0 aliphatic rings. The van der Waals surface area contributed by atoms with Crippen molar-refractivity contribution in [2.45, 2.75) is 63.7 Å². The summed E-state index contributed by atoms with van der Waals surface area (Å²) < 4.78 is 0. The first-order chi connectivity index (χ1) is 15.8. The first-order valence-corrected chi connectivity index (χ1v) is 10.6. The number of hydrogen-bond donors (Lipinski definition) is 9. The van der Waals surface area contributed by atoms with E-state index in [1.54, 1.807) is 13.8 Å². The number of guanidine groups is 1. The molecule has 0 aromatic rings. The topological polar surface area (TPSA) is 278 Å². The first kappa shape index (κ1) is 30.5. The minimum atomic E-state index is -1.31. The van der Waals surface area contributed by atoms with Crippen LogP contribution in [0.25, 0.3) is 0 Å². The van der Waals surface area contributed by atoms with Crippen molar-refractivity contribution < 1.29 is 34.2 Å². The number of aliphatic imine (C=N–C) groups is 1. The maximum atomic E-state index is 12.9. The molecule has 15 nitrogen and oxygen atoms in total. The molecule has 4 amide bonds. The zero-order valence-corrected chi connectivity index (χ0v) is 19.3. The number of nitrogens with two attached hydrogens (primary N) is 4. The highest BCUT2D eigenvalue weighted by atomic mass is 16.4. The summed E-state index contributed by atoms with van der Waals surface area (Å²) in [7, 11) is 0. The average Bonchev–Trinajstić information content (AvgIpc) is 2.74. The van der Waals surface area contributed by atoms with Crippen LogP contribution in [0.5, 0.6) is 0 Å². The lowest BCUT2D eigenvalue weighted by molar-refractivity contribution is -0.143. The van der Waals surface area contributed by atoms with E-state index in [1.807, 2.05) is 0 Å². The van der Waals surface area contributed by atoms with E-state index in [1.165, 1.54) is 0 Å². The van der Waals surface area contributed by atoms with Crippen LogP contribution in [-0.2, 0) is 24.0 Å². The Balaban J connectivity index is 5.62. The quantitative estimate of drug-likeness (QED) is 0.0573. The Morgan fingerprint density at radius 2 is 1.41 bits per heavy atom. The number of aliphatic carboxylic acids is 1. The van der Waals surface area contributed by atoms with Crippen molar-refractivity contribution in [1.29, 1.82) is 0 Å². The van der Waals surface area contributed by atoms with Crippen LogP contribution in [0.1, 0.15) is 39.5 Å². The van der Waals surface area contributed by atoms with Gasteiger partial charge in [0.05, 0.1) is 6.61 Å². The molecule has 0 saturated carbocycles. The number of carboxylic acid groups (broad SMARTS) is 1. The molecule has 4 atom stereocenters. The van der Waals surface area contributed by atoms with Crippen LogP contribution in [0.2, 0.25) is 0 Å². The van der Waals surface area contributed by atoms with Crippen molar-refractivity contribution in [3.63, 3.8) is 0 Å². The monoisotopic (exact) mass is 488 g/mol. The number of rotatable bonds is 16. The van der Waals surface area contributed by atoms with E-state index in [-0.39, 0.29) is 38.2 Å². The van der Waals surface area contributed by atoms with Gasteiger partial charge in [-0.05, 0) is 25.2 Å². The third kappa shape index (κ3) is 12.0. The summed E-state index contributed by atoms with van der Waals surface area (Å²) >= 11 is 0. The highest BCUT2D eigenvalue weighted by Gasteiger charge is 2.31. The van der Waals surface area contributed by atoms with E-state index < -0.39 is 66.3 Å². The molecule has 0 rings (SSSR count). The third-order valence-corrected chi connectivity index (χ3v) is 4.65. The van der Waals surface area contributed by atoms with Crippen LogP contribution < -0.4 is 38.9 Å². The van der Waals surface area contributed by atoms with E-state index in [2.05, 4.69) is 20.9 Å². The Labute approximate surface area is 197 Å². The molecule has 0 fully saturated rings. The van der Waals surface area contributed by atoms with E-state index in [0.717, 1.165) is 0 Å². The number of nitrogens with zero attached hydrogens (tertiary/aromatic N) is 1. The van der Waals surface area contributed by atoms with Gasteiger partial charge in [-0.3, -0.25) is 24.2 Å². The van der Waals surface area contributed by atoms with Crippen LogP contribution in [0.4, 0.5) is 0 Å².